The van der Waals surface area contributed by atoms with Gasteiger partial charge in [0.15, 0.2) is 0 Å². The molecule has 0 saturated heterocycles. The van der Waals surface area contributed by atoms with E-state index < -0.39 is 0 Å². The molecule has 0 spiro atoms. The van der Waals surface area contributed by atoms with Gasteiger partial charge in [0.25, 0.3) is 0 Å². The van der Waals surface area contributed by atoms with Gasteiger partial charge in [0.05, 0.1) is 0 Å². The van der Waals surface area contributed by atoms with Crippen LogP contribution >= 0.6 is 0 Å². The highest BCUT2D eigenvalue weighted by Gasteiger charge is 1.95. The van der Waals surface area contributed by atoms with Crippen LogP contribution in [0.25, 0.3) is 0 Å². The second kappa shape index (κ2) is 197. The molecular weight excluding hydrogens is 156 g/mol. The summed E-state index contributed by atoms with van der Waals surface area (Å²) < 4.78 is 0. The molecule has 0 amide bonds. The number of hydrogen-bond donors (Lipinski definition) is 0. The normalized spacial score (nSPS) is 7.54. The van der Waals surface area contributed by atoms with Crippen LogP contribution in [0.15, 0.2) is 0 Å². The zero-order chi connectivity index (χ0) is 12.1. The number of hydrogen-bond acceptors (Lipinski definition) is 0. The van der Waals surface area contributed by atoms with Crippen molar-refractivity contribution in [2.75, 3.05) is 0 Å². The highest BCUT2D eigenvalue weighted by atomic mass is 14.0. The van der Waals surface area contributed by atoms with E-state index >= 15 is 0 Å². The van der Waals surface area contributed by atoms with E-state index in [0.29, 0.717) is 0 Å². The summed E-state index contributed by atoms with van der Waals surface area (Å²) in [6.45, 7) is 16.0. The van der Waals surface area contributed by atoms with E-state index in [1.54, 1.807) is 0 Å². The lowest BCUT2D eigenvalue weighted by Crippen LogP contribution is -0.856. The Balaban J connectivity index is -0.0000000201. The lowest BCUT2D eigenvalue weighted by Gasteiger charge is -1.07. The molecule has 0 aromatic rings. The molecule has 0 heteroatoms. The van der Waals surface area contributed by atoms with E-state index in [0.717, 1.165) is 0 Å². The Morgan fingerprint density at radius 3 is 0.538 bits per heavy atom. The maximum atomic E-state index is 4.00. The molecule has 0 unspecified atom stereocenters. The van der Waals surface area contributed by atoms with Crippen molar-refractivity contribution in [2.24, 2.45) is 0 Å². The summed E-state index contributed by atoms with van der Waals surface area (Å²) >= 11 is 0. The highest BCUT2D eigenvalue weighted by molar-refractivity contribution is 4.50. The van der Waals surface area contributed by atoms with Crippen molar-refractivity contribution >= 4 is 0 Å². The summed E-state index contributed by atoms with van der Waals surface area (Å²) in [4.78, 5) is 0. The fourth-order valence-electron chi connectivity index (χ4n) is 0. The maximum absolute atomic E-state index is 4.00. The second-order valence-electron chi connectivity index (χ2n) is 1.06. The molecule has 1 rings (SSSR count). The molecule has 1 aliphatic carbocycles. The van der Waals surface area contributed by atoms with Crippen LogP contribution in [0.3, 0.4) is 0 Å². The minimum absolute atomic E-state index is 1.50. The van der Waals surface area contributed by atoms with Crippen molar-refractivity contribution in [1.82, 2.24) is 0 Å². The van der Waals surface area contributed by atoms with E-state index in [1.807, 2.05) is 55.4 Å². The zero-order valence-electron chi connectivity index (χ0n) is 11.3. The molecule has 0 heterocycles. The van der Waals surface area contributed by atoms with Gasteiger partial charge in [0, 0.05) is 0 Å². The van der Waals surface area contributed by atoms with Crippen LogP contribution in [-0.2, 0) is 0 Å². The first kappa shape index (κ1) is 29.4. The minimum Gasteiger partial charge on any atom is -0.124 e. The predicted octanol–water partition coefficient (Wildman–Crippen LogP) is 5.52. The Labute approximate surface area is 88.1 Å². The summed E-state index contributed by atoms with van der Waals surface area (Å²) in [6, 6.07) is 0. The van der Waals surface area contributed by atoms with Gasteiger partial charge in [-0.3, -0.25) is 0 Å². The standard InChI is InChI=1S/C3H6.4C2H6.C2H2/c1-2-3-1;5*1-2/h1-3H2;4*1-2H3;1-2H. The Bertz CT molecular complexity index is 21.5. The van der Waals surface area contributed by atoms with Crippen molar-refractivity contribution < 1.29 is 0 Å². The Kier molecular flexibility index (Phi) is 444. The average Bonchev–Trinajstić information content (AvgIpc) is 3.19. The third kappa shape index (κ3) is 3370. The number of terminal acetylenes is 1. The third-order valence-electron chi connectivity index (χ3n) is 0.354. The molecule has 0 aromatic heterocycles. The summed E-state index contributed by atoms with van der Waals surface area (Å²) in [5, 5.41) is 0. The Hall–Kier alpha value is -0.440. The Morgan fingerprint density at radius 1 is 0.462 bits per heavy atom. The molecule has 1 fully saturated rings. The molecule has 0 nitrogen and oxygen atoms in total. The van der Waals surface area contributed by atoms with Gasteiger partial charge in [0.2, 0.25) is 0 Å². The monoisotopic (exact) mass is 188 g/mol. The lowest BCUT2D eigenvalue weighted by molar-refractivity contribution is 1.50. The Morgan fingerprint density at radius 2 is 0.538 bits per heavy atom. The van der Waals surface area contributed by atoms with Gasteiger partial charge in [-0.05, 0) is 0 Å². The molecule has 13 heavy (non-hydrogen) atoms. The van der Waals surface area contributed by atoms with E-state index in [2.05, 4.69) is 12.8 Å². The fraction of sp³-hybridized carbons (Fsp3) is 0.846. The van der Waals surface area contributed by atoms with E-state index in [4.69, 9.17) is 0 Å². The van der Waals surface area contributed by atoms with Crippen molar-refractivity contribution in [3.63, 3.8) is 0 Å². The fourth-order valence-corrected chi connectivity index (χ4v) is 0. The summed E-state index contributed by atoms with van der Waals surface area (Å²) in [7, 11) is 0. The van der Waals surface area contributed by atoms with Gasteiger partial charge in [-0.15, -0.1) is 12.8 Å². The average molecular weight is 188 g/mol. The molecule has 1 saturated carbocycles. The van der Waals surface area contributed by atoms with Crippen LogP contribution < -0.4 is 0 Å². The van der Waals surface area contributed by atoms with Crippen molar-refractivity contribution in [3.8, 4) is 12.8 Å². The van der Waals surface area contributed by atoms with Crippen molar-refractivity contribution in [2.45, 2.75) is 74.7 Å². The molecule has 1 aliphatic rings. The zero-order valence-corrected chi connectivity index (χ0v) is 11.3. The van der Waals surface area contributed by atoms with Crippen LogP contribution in [0.5, 0.6) is 0 Å². The van der Waals surface area contributed by atoms with Crippen molar-refractivity contribution in [1.29, 1.82) is 0 Å². The largest absolute Gasteiger partial charge is 0.124 e. The quantitative estimate of drug-likeness (QED) is 0.439. The molecule has 0 aliphatic heterocycles. The van der Waals surface area contributed by atoms with E-state index in [9.17, 15) is 0 Å². The summed E-state index contributed by atoms with van der Waals surface area (Å²) in [5.41, 5.74) is 0. The van der Waals surface area contributed by atoms with Gasteiger partial charge >= 0.3 is 0 Å². The van der Waals surface area contributed by atoms with Gasteiger partial charge < -0.3 is 0 Å². The highest BCUT2D eigenvalue weighted by Crippen LogP contribution is 2.14. The molecule has 0 atom stereocenters. The second-order valence-corrected chi connectivity index (χ2v) is 1.06. The van der Waals surface area contributed by atoms with Gasteiger partial charge in [0.1, 0.15) is 0 Å². The molecule has 84 valence electrons. The predicted molar refractivity (Wildman–Crippen MR) is 69.1 cm³/mol. The molecular formula is C13H32. The van der Waals surface area contributed by atoms with Crippen LogP contribution in [-0.4, -0.2) is 0 Å². The van der Waals surface area contributed by atoms with E-state index in [1.165, 1.54) is 19.3 Å². The van der Waals surface area contributed by atoms with Crippen LogP contribution in [0.4, 0.5) is 0 Å². The maximum Gasteiger partial charge on any atom is -0.0533 e. The molecule has 0 aromatic carbocycles. The summed E-state index contributed by atoms with van der Waals surface area (Å²) in [5.74, 6) is 0. The van der Waals surface area contributed by atoms with Crippen LogP contribution in [0.2, 0.25) is 0 Å². The molecule has 0 N–H and O–H groups in total. The first-order chi connectivity index (χ1) is 6.50. The van der Waals surface area contributed by atoms with Crippen LogP contribution in [0, 0.1) is 12.8 Å². The van der Waals surface area contributed by atoms with E-state index in [-0.39, 0.29) is 0 Å². The summed E-state index contributed by atoms with van der Waals surface area (Å²) in [6.07, 6.45) is 12.5. The van der Waals surface area contributed by atoms with Gasteiger partial charge in [-0.25, -0.2) is 0 Å². The first-order valence-electron chi connectivity index (χ1n) is 5.83. The molecule has 0 radical (unpaired) electrons. The lowest BCUT2D eigenvalue weighted by atomic mass is 11.0. The molecule has 0 bridgehead atoms. The first-order valence-corrected chi connectivity index (χ1v) is 5.83. The van der Waals surface area contributed by atoms with Gasteiger partial charge in [-0.1, -0.05) is 74.7 Å². The van der Waals surface area contributed by atoms with Crippen molar-refractivity contribution in [3.05, 3.63) is 0 Å². The minimum atomic E-state index is 1.50. The number of rotatable bonds is 0. The van der Waals surface area contributed by atoms with Crippen LogP contribution in [0.1, 0.15) is 74.7 Å². The smallest absolute Gasteiger partial charge is 0.0533 e. The van der Waals surface area contributed by atoms with Gasteiger partial charge in [-0.2, -0.15) is 0 Å². The SMILES string of the molecule is C#C.C1CC1.CC.CC.CC.CC. The topological polar surface area (TPSA) is 0 Å². The third-order valence-corrected chi connectivity index (χ3v) is 0.354.